The minimum Gasteiger partial charge on any atom is -0.484 e. The van der Waals surface area contributed by atoms with Crippen molar-refractivity contribution in [1.29, 1.82) is 0 Å². The molecule has 1 saturated carbocycles. The van der Waals surface area contributed by atoms with Crippen LogP contribution in [0.2, 0.25) is 0 Å². The highest BCUT2D eigenvalue weighted by Gasteiger charge is 2.57. The van der Waals surface area contributed by atoms with Gasteiger partial charge in [0.1, 0.15) is 13.2 Å². The van der Waals surface area contributed by atoms with E-state index < -0.39 is 17.9 Å². The molecule has 0 spiro atoms. The average molecular weight is 308 g/mol. The third kappa shape index (κ3) is 1.89. The molecule has 0 radical (unpaired) electrons. The molecule has 2 fully saturated rings. The van der Waals surface area contributed by atoms with Gasteiger partial charge in [0.15, 0.2) is 23.4 Å². The fraction of sp³-hybridized carbons (Fsp3) is 0.615. The summed E-state index contributed by atoms with van der Waals surface area (Å²) in [6, 6.07) is 1.43. The van der Waals surface area contributed by atoms with E-state index in [0.29, 0.717) is 38.2 Å². The summed E-state index contributed by atoms with van der Waals surface area (Å²) in [4.78, 5) is 13.3. The highest BCUT2D eigenvalue weighted by Crippen LogP contribution is 2.42. The van der Waals surface area contributed by atoms with Gasteiger partial charge in [0.05, 0.1) is 0 Å². The van der Waals surface area contributed by atoms with Crippen molar-refractivity contribution in [1.82, 2.24) is 10.2 Å². The van der Waals surface area contributed by atoms with Gasteiger partial charge in [0, 0.05) is 24.9 Å². The van der Waals surface area contributed by atoms with Crippen molar-refractivity contribution in [2.24, 2.45) is 5.73 Å². The van der Waals surface area contributed by atoms with E-state index in [9.17, 15) is 9.90 Å². The van der Waals surface area contributed by atoms with E-state index in [1.807, 2.05) is 0 Å². The molecule has 0 aromatic carbocycles. The minimum absolute atomic E-state index is 0.0932. The number of fused-ring (bicyclic) bond motifs is 2. The lowest BCUT2D eigenvalue weighted by atomic mass is 9.85. The molecule has 1 saturated heterocycles. The number of anilines is 1. The van der Waals surface area contributed by atoms with Gasteiger partial charge in [-0.25, -0.2) is 9.69 Å². The second-order valence-corrected chi connectivity index (χ2v) is 5.69. The van der Waals surface area contributed by atoms with Crippen LogP contribution in [0.4, 0.5) is 10.6 Å². The van der Waals surface area contributed by atoms with Crippen LogP contribution in [0, 0.1) is 0 Å². The summed E-state index contributed by atoms with van der Waals surface area (Å²) in [6.45, 7) is 0.793. The number of aliphatic hydroxyl groups is 1. The molecule has 9 nitrogen and oxygen atoms in total. The first kappa shape index (κ1) is 13.5. The second-order valence-electron chi connectivity index (χ2n) is 5.69. The van der Waals surface area contributed by atoms with E-state index in [2.05, 4.69) is 10.2 Å². The van der Waals surface area contributed by atoms with Crippen LogP contribution in [0.1, 0.15) is 19.3 Å². The molecular formula is C13H16N4O5. The largest absolute Gasteiger partial charge is 0.484 e. The van der Waals surface area contributed by atoms with Crippen molar-refractivity contribution >= 4 is 11.9 Å². The zero-order valence-electron chi connectivity index (χ0n) is 11.8. The molecule has 3 heterocycles. The zero-order valence-corrected chi connectivity index (χ0v) is 11.8. The van der Waals surface area contributed by atoms with Crippen molar-refractivity contribution in [2.45, 2.75) is 37.1 Å². The molecule has 1 amide bonds. The predicted molar refractivity (Wildman–Crippen MR) is 72.5 cm³/mol. The van der Waals surface area contributed by atoms with Crippen LogP contribution in [0.5, 0.6) is 11.6 Å². The van der Waals surface area contributed by atoms with Crippen LogP contribution >= 0.6 is 0 Å². The first-order chi connectivity index (χ1) is 10.6. The van der Waals surface area contributed by atoms with E-state index in [1.165, 1.54) is 6.07 Å². The van der Waals surface area contributed by atoms with E-state index >= 15 is 0 Å². The highest BCUT2D eigenvalue weighted by molar-refractivity contribution is 5.90. The Morgan fingerprint density at radius 2 is 2.18 bits per heavy atom. The van der Waals surface area contributed by atoms with Crippen LogP contribution in [-0.4, -0.2) is 52.5 Å². The molecule has 3 N–H and O–H groups in total. The average Bonchev–Trinajstić information content (AvgIpc) is 2.77. The van der Waals surface area contributed by atoms with Crippen LogP contribution in [0.25, 0.3) is 0 Å². The fourth-order valence-corrected chi connectivity index (χ4v) is 3.12. The predicted octanol–water partition coefficient (Wildman–Crippen LogP) is -0.227. The number of nitrogens with zero attached hydrogens (tertiary/aromatic N) is 3. The maximum atomic E-state index is 12.2. The standard InChI is InChI=1S/C13H16N4O5/c14-7-1-2-13(19)9(5-7)22-12(18)17(13)10-6-8-11(16-15-10)21-4-3-20-8/h6-7,9,19H,1-5,14H2/t7-,9-,13-/m1/s1. The maximum absolute atomic E-state index is 12.2. The smallest absolute Gasteiger partial charge is 0.418 e. The van der Waals surface area contributed by atoms with Crippen LogP contribution in [0.15, 0.2) is 6.07 Å². The Bertz CT molecular complexity index is 626. The van der Waals surface area contributed by atoms with Crippen LogP contribution in [0.3, 0.4) is 0 Å². The normalized spacial score (nSPS) is 33.4. The van der Waals surface area contributed by atoms with Crippen molar-refractivity contribution < 1.29 is 24.1 Å². The quantitative estimate of drug-likeness (QED) is 0.730. The number of nitrogens with two attached hydrogens (primary N) is 1. The Morgan fingerprint density at radius 1 is 1.36 bits per heavy atom. The molecule has 1 aromatic heterocycles. The Morgan fingerprint density at radius 3 is 3.05 bits per heavy atom. The van der Waals surface area contributed by atoms with Crippen LogP contribution < -0.4 is 20.1 Å². The summed E-state index contributed by atoms with van der Waals surface area (Å²) >= 11 is 0. The van der Waals surface area contributed by atoms with Gasteiger partial charge in [-0.2, -0.15) is 0 Å². The van der Waals surface area contributed by atoms with Crippen molar-refractivity contribution in [3.8, 4) is 11.6 Å². The van der Waals surface area contributed by atoms with Gasteiger partial charge in [0.2, 0.25) is 0 Å². The Hall–Kier alpha value is -2.13. The van der Waals surface area contributed by atoms with Gasteiger partial charge in [0.25, 0.3) is 5.88 Å². The summed E-state index contributed by atoms with van der Waals surface area (Å²) in [5, 5.41) is 18.8. The number of amides is 1. The number of carbonyl (C=O) groups is 1. The third-order valence-corrected chi connectivity index (χ3v) is 4.25. The summed E-state index contributed by atoms with van der Waals surface area (Å²) in [6.07, 6.45) is 0.00143. The zero-order chi connectivity index (χ0) is 15.3. The van der Waals surface area contributed by atoms with Gasteiger partial charge < -0.3 is 25.1 Å². The number of carbonyl (C=O) groups excluding carboxylic acids is 1. The number of hydrogen-bond acceptors (Lipinski definition) is 8. The van der Waals surface area contributed by atoms with E-state index in [-0.39, 0.29) is 17.7 Å². The van der Waals surface area contributed by atoms with E-state index in [4.69, 9.17) is 19.9 Å². The monoisotopic (exact) mass is 308 g/mol. The summed E-state index contributed by atoms with van der Waals surface area (Å²) in [7, 11) is 0. The number of aromatic nitrogens is 2. The molecule has 0 bridgehead atoms. The molecule has 4 rings (SSSR count). The van der Waals surface area contributed by atoms with E-state index in [1.54, 1.807) is 0 Å². The summed E-state index contributed by atoms with van der Waals surface area (Å²) in [5.74, 6) is 0.843. The first-order valence-corrected chi connectivity index (χ1v) is 7.20. The molecule has 22 heavy (non-hydrogen) atoms. The molecule has 0 unspecified atom stereocenters. The SMILES string of the molecule is N[C@@H]1CC[C@@]2(O)[C@@H](C1)OC(=O)N2c1cc2c(nn1)OCCO2. The molecule has 1 aliphatic carbocycles. The first-order valence-electron chi connectivity index (χ1n) is 7.20. The molecule has 9 heteroatoms. The molecule has 118 valence electrons. The summed E-state index contributed by atoms with van der Waals surface area (Å²) < 4.78 is 16.0. The molecule has 3 atom stereocenters. The van der Waals surface area contributed by atoms with Crippen LogP contribution in [-0.2, 0) is 4.74 Å². The molecule has 3 aliphatic rings. The lowest BCUT2D eigenvalue weighted by Crippen LogP contribution is -2.56. The van der Waals surface area contributed by atoms with Gasteiger partial charge in [-0.05, 0) is 6.42 Å². The van der Waals surface area contributed by atoms with Gasteiger partial charge in [-0.15, -0.1) is 10.2 Å². The minimum atomic E-state index is -1.45. The number of rotatable bonds is 1. The molecule has 1 aromatic rings. The third-order valence-electron chi connectivity index (χ3n) is 4.25. The topological polar surface area (TPSA) is 120 Å². The fourth-order valence-electron chi connectivity index (χ4n) is 3.12. The van der Waals surface area contributed by atoms with Gasteiger partial charge in [-0.3, -0.25) is 0 Å². The Labute approximate surface area is 126 Å². The lowest BCUT2D eigenvalue weighted by Gasteiger charge is -2.38. The maximum Gasteiger partial charge on any atom is 0.418 e. The Kier molecular flexibility index (Phi) is 2.88. The van der Waals surface area contributed by atoms with E-state index in [0.717, 1.165) is 4.90 Å². The van der Waals surface area contributed by atoms with Gasteiger partial charge >= 0.3 is 6.09 Å². The Balaban J connectivity index is 1.70. The lowest BCUT2D eigenvalue weighted by molar-refractivity contribution is -0.0601. The number of ether oxygens (including phenoxy) is 3. The molecular weight excluding hydrogens is 292 g/mol. The second kappa shape index (κ2) is 4.68. The highest BCUT2D eigenvalue weighted by atomic mass is 16.6. The van der Waals surface area contributed by atoms with Crippen molar-refractivity contribution in [2.75, 3.05) is 18.1 Å². The van der Waals surface area contributed by atoms with Crippen molar-refractivity contribution in [3.05, 3.63) is 6.07 Å². The summed E-state index contributed by atoms with van der Waals surface area (Å²) in [5.41, 5.74) is 4.43. The van der Waals surface area contributed by atoms with Crippen molar-refractivity contribution in [3.63, 3.8) is 0 Å². The number of hydrogen-bond donors (Lipinski definition) is 2. The van der Waals surface area contributed by atoms with Gasteiger partial charge in [-0.1, -0.05) is 0 Å². The molecule has 2 aliphatic heterocycles.